The van der Waals surface area contributed by atoms with Gasteiger partial charge in [-0.2, -0.15) is 0 Å². The number of carboxylic acid groups (broad SMARTS) is 1. The normalized spacial score (nSPS) is 10.7. The third-order valence-electron chi connectivity index (χ3n) is 4.67. The van der Waals surface area contributed by atoms with E-state index in [4.69, 9.17) is 5.11 Å². The van der Waals surface area contributed by atoms with Gasteiger partial charge in [0.2, 0.25) is 0 Å². The summed E-state index contributed by atoms with van der Waals surface area (Å²) in [4.78, 5) is 10.5. The van der Waals surface area contributed by atoms with E-state index in [1.807, 2.05) is 12.1 Å². The number of aryl methyl sites for hydroxylation is 1. The van der Waals surface area contributed by atoms with Crippen LogP contribution in [0.5, 0.6) is 5.75 Å². The summed E-state index contributed by atoms with van der Waals surface area (Å²) < 4.78 is 4.63. The molecule has 26 heavy (non-hydrogen) atoms. The lowest BCUT2D eigenvalue weighted by Crippen LogP contribution is -2.02. The first kappa shape index (κ1) is 20.0. The van der Waals surface area contributed by atoms with Crippen molar-refractivity contribution in [3.8, 4) is 16.9 Å². The molecule has 0 bridgehead atoms. The highest BCUT2D eigenvalue weighted by molar-refractivity contribution is 5.66. The first-order valence-electron chi connectivity index (χ1n) is 9.79. The van der Waals surface area contributed by atoms with Crippen molar-refractivity contribution in [1.29, 1.82) is 0 Å². The molecule has 0 aromatic heterocycles. The van der Waals surface area contributed by atoms with E-state index in [1.165, 1.54) is 56.9 Å². The number of benzene rings is 2. The highest BCUT2D eigenvalue weighted by Crippen LogP contribution is 2.23. The molecule has 0 saturated heterocycles. The summed E-state index contributed by atoms with van der Waals surface area (Å²) in [7, 11) is 0. The van der Waals surface area contributed by atoms with E-state index in [0.29, 0.717) is 5.75 Å². The van der Waals surface area contributed by atoms with Gasteiger partial charge in [0.15, 0.2) is 0 Å². The summed E-state index contributed by atoms with van der Waals surface area (Å²) in [5.74, 6) is 0.340. The number of unbranched alkanes of at least 4 members (excludes halogenated alkanes) is 7. The van der Waals surface area contributed by atoms with Crippen LogP contribution in [0.4, 0.5) is 4.79 Å². The molecule has 140 valence electrons. The Balaban J connectivity index is 1.73. The summed E-state index contributed by atoms with van der Waals surface area (Å²) in [6, 6.07) is 15.8. The standard InChI is InChI=1S/C23H30O3/c1-2-3-4-5-6-7-8-9-10-19-11-13-20(14-12-19)21-15-17-22(18-16-21)26-23(24)25/h11-18H,2-10H2,1H3,(H,24,25). The maximum absolute atomic E-state index is 10.5. The summed E-state index contributed by atoms with van der Waals surface area (Å²) >= 11 is 0. The van der Waals surface area contributed by atoms with Gasteiger partial charge < -0.3 is 9.84 Å². The predicted octanol–water partition coefficient (Wildman–Crippen LogP) is 7.09. The molecule has 3 nitrogen and oxygen atoms in total. The third kappa shape index (κ3) is 7.30. The Labute approximate surface area is 157 Å². The Morgan fingerprint density at radius 2 is 1.27 bits per heavy atom. The lowest BCUT2D eigenvalue weighted by Gasteiger charge is -2.06. The van der Waals surface area contributed by atoms with Crippen LogP contribution in [0.1, 0.15) is 63.9 Å². The number of carbonyl (C=O) groups is 1. The van der Waals surface area contributed by atoms with Crippen molar-refractivity contribution in [1.82, 2.24) is 0 Å². The molecule has 0 atom stereocenters. The molecule has 0 amide bonds. The zero-order valence-corrected chi connectivity index (χ0v) is 15.7. The Morgan fingerprint density at radius 1 is 0.769 bits per heavy atom. The van der Waals surface area contributed by atoms with E-state index in [0.717, 1.165) is 17.5 Å². The van der Waals surface area contributed by atoms with Gasteiger partial charge in [0, 0.05) is 0 Å². The largest absolute Gasteiger partial charge is 0.511 e. The monoisotopic (exact) mass is 354 g/mol. The third-order valence-corrected chi connectivity index (χ3v) is 4.67. The second-order valence-electron chi connectivity index (χ2n) is 6.81. The zero-order chi connectivity index (χ0) is 18.6. The second kappa shape index (κ2) is 11.3. The quantitative estimate of drug-likeness (QED) is 0.266. The van der Waals surface area contributed by atoms with Crippen LogP contribution >= 0.6 is 0 Å². The van der Waals surface area contributed by atoms with Crippen LogP contribution in [-0.4, -0.2) is 11.3 Å². The Hall–Kier alpha value is -2.29. The van der Waals surface area contributed by atoms with E-state index >= 15 is 0 Å². The maximum atomic E-state index is 10.5. The number of rotatable bonds is 11. The summed E-state index contributed by atoms with van der Waals surface area (Å²) in [5.41, 5.74) is 3.57. The van der Waals surface area contributed by atoms with E-state index in [2.05, 4.69) is 35.9 Å². The average Bonchev–Trinajstić information content (AvgIpc) is 2.65. The molecule has 2 aromatic rings. The van der Waals surface area contributed by atoms with Crippen molar-refractivity contribution in [2.24, 2.45) is 0 Å². The Kier molecular flexibility index (Phi) is 8.74. The second-order valence-corrected chi connectivity index (χ2v) is 6.81. The maximum Gasteiger partial charge on any atom is 0.511 e. The molecule has 2 aromatic carbocycles. The van der Waals surface area contributed by atoms with Crippen molar-refractivity contribution in [3.63, 3.8) is 0 Å². The summed E-state index contributed by atoms with van der Waals surface area (Å²) in [6.07, 6.45) is 10.6. The van der Waals surface area contributed by atoms with E-state index in [-0.39, 0.29) is 0 Å². The van der Waals surface area contributed by atoms with Crippen molar-refractivity contribution < 1.29 is 14.6 Å². The van der Waals surface area contributed by atoms with Crippen LogP contribution in [0.3, 0.4) is 0 Å². The molecule has 0 saturated carbocycles. The van der Waals surface area contributed by atoms with Crippen LogP contribution in [0.25, 0.3) is 11.1 Å². The Morgan fingerprint density at radius 3 is 1.81 bits per heavy atom. The van der Waals surface area contributed by atoms with Crippen LogP contribution in [0.2, 0.25) is 0 Å². The van der Waals surface area contributed by atoms with Gasteiger partial charge in [-0.05, 0) is 41.7 Å². The SMILES string of the molecule is CCCCCCCCCCc1ccc(-c2ccc(OC(=O)O)cc2)cc1. The average molecular weight is 354 g/mol. The molecule has 0 aliphatic carbocycles. The number of ether oxygens (including phenoxy) is 1. The van der Waals surface area contributed by atoms with Crippen LogP contribution in [0, 0.1) is 0 Å². The first-order chi connectivity index (χ1) is 12.7. The summed E-state index contributed by atoms with van der Waals surface area (Å²) in [5, 5.41) is 8.61. The molecule has 0 unspecified atom stereocenters. The van der Waals surface area contributed by atoms with Crippen LogP contribution < -0.4 is 4.74 Å². The highest BCUT2D eigenvalue weighted by atomic mass is 16.7. The van der Waals surface area contributed by atoms with Gasteiger partial charge >= 0.3 is 6.16 Å². The fourth-order valence-electron chi connectivity index (χ4n) is 3.14. The summed E-state index contributed by atoms with van der Waals surface area (Å²) in [6.45, 7) is 2.26. The first-order valence-corrected chi connectivity index (χ1v) is 9.79. The molecular formula is C23H30O3. The Bertz CT molecular complexity index is 644. The predicted molar refractivity (Wildman–Crippen MR) is 107 cm³/mol. The molecule has 3 heteroatoms. The van der Waals surface area contributed by atoms with E-state index < -0.39 is 6.16 Å². The van der Waals surface area contributed by atoms with Gasteiger partial charge in [0.05, 0.1) is 0 Å². The minimum atomic E-state index is -1.29. The molecule has 1 N–H and O–H groups in total. The van der Waals surface area contributed by atoms with Crippen molar-refractivity contribution in [3.05, 3.63) is 54.1 Å². The van der Waals surface area contributed by atoms with Gasteiger partial charge in [-0.1, -0.05) is 88.3 Å². The molecule has 2 rings (SSSR count). The van der Waals surface area contributed by atoms with E-state index in [1.54, 1.807) is 12.1 Å². The van der Waals surface area contributed by atoms with Crippen molar-refractivity contribution in [2.45, 2.75) is 64.7 Å². The van der Waals surface area contributed by atoms with Gasteiger partial charge in [0.25, 0.3) is 0 Å². The minimum Gasteiger partial charge on any atom is -0.449 e. The molecular weight excluding hydrogens is 324 g/mol. The van der Waals surface area contributed by atoms with Crippen molar-refractivity contribution >= 4 is 6.16 Å². The van der Waals surface area contributed by atoms with Gasteiger partial charge in [-0.15, -0.1) is 0 Å². The molecule has 0 fully saturated rings. The van der Waals surface area contributed by atoms with Gasteiger partial charge in [-0.3, -0.25) is 0 Å². The fourth-order valence-corrected chi connectivity index (χ4v) is 3.14. The number of hydrogen-bond donors (Lipinski definition) is 1. The molecule has 0 radical (unpaired) electrons. The van der Waals surface area contributed by atoms with Crippen LogP contribution in [-0.2, 0) is 6.42 Å². The van der Waals surface area contributed by atoms with E-state index in [9.17, 15) is 4.79 Å². The lowest BCUT2D eigenvalue weighted by atomic mass is 10.0. The van der Waals surface area contributed by atoms with Gasteiger partial charge in [-0.25, -0.2) is 4.79 Å². The smallest absolute Gasteiger partial charge is 0.449 e. The minimum absolute atomic E-state index is 0.340. The molecule has 0 aliphatic rings. The van der Waals surface area contributed by atoms with Gasteiger partial charge in [0.1, 0.15) is 5.75 Å². The van der Waals surface area contributed by atoms with Crippen LogP contribution in [0.15, 0.2) is 48.5 Å². The topological polar surface area (TPSA) is 46.5 Å². The molecule has 0 aliphatic heterocycles. The fraction of sp³-hybridized carbons (Fsp3) is 0.435. The number of hydrogen-bond acceptors (Lipinski definition) is 2. The molecule has 0 spiro atoms. The van der Waals surface area contributed by atoms with Crippen molar-refractivity contribution in [2.75, 3.05) is 0 Å². The zero-order valence-electron chi connectivity index (χ0n) is 15.7. The lowest BCUT2D eigenvalue weighted by molar-refractivity contribution is 0.144. The molecule has 0 heterocycles. The highest BCUT2D eigenvalue weighted by Gasteiger charge is 2.03.